The molecule has 1 heterocycles. The van der Waals surface area contributed by atoms with Gasteiger partial charge < -0.3 is 19.2 Å². The topological polar surface area (TPSA) is 43.6 Å². The Bertz CT molecular complexity index is 336. The zero-order valence-electron chi connectivity index (χ0n) is 13.1. The first-order chi connectivity index (χ1) is 9.74. The first kappa shape index (κ1) is 17.2. The summed E-state index contributed by atoms with van der Waals surface area (Å²) in [6.07, 6.45) is 4.01. The third kappa shape index (κ3) is 7.68. The molecule has 1 rings (SSSR count). The fourth-order valence-corrected chi connectivity index (χ4v) is 1.77. The van der Waals surface area contributed by atoms with Crippen LogP contribution in [0.2, 0.25) is 0 Å². The lowest BCUT2D eigenvalue weighted by Crippen LogP contribution is -2.19. The third-order valence-corrected chi connectivity index (χ3v) is 2.95. The van der Waals surface area contributed by atoms with Crippen molar-refractivity contribution in [1.29, 1.82) is 0 Å². The third-order valence-electron chi connectivity index (χ3n) is 2.95. The second-order valence-electron chi connectivity index (χ2n) is 5.41. The highest BCUT2D eigenvalue weighted by Gasteiger charge is 2.06. The SMILES string of the molecule is CCCCOCCOCc1ccoc1CNCC(C)C. The summed E-state index contributed by atoms with van der Waals surface area (Å²) >= 11 is 0. The van der Waals surface area contributed by atoms with Gasteiger partial charge in [-0.25, -0.2) is 0 Å². The highest BCUT2D eigenvalue weighted by Crippen LogP contribution is 2.11. The van der Waals surface area contributed by atoms with Crippen LogP contribution in [0.3, 0.4) is 0 Å². The first-order valence-corrected chi connectivity index (χ1v) is 7.65. The Kier molecular flexibility index (Phi) is 9.37. The van der Waals surface area contributed by atoms with Gasteiger partial charge in [-0.2, -0.15) is 0 Å². The predicted molar refractivity (Wildman–Crippen MR) is 80.6 cm³/mol. The molecule has 4 heteroatoms. The van der Waals surface area contributed by atoms with E-state index in [4.69, 9.17) is 13.9 Å². The summed E-state index contributed by atoms with van der Waals surface area (Å²) in [7, 11) is 0. The average Bonchev–Trinajstić information content (AvgIpc) is 2.85. The molecule has 4 nitrogen and oxygen atoms in total. The van der Waals surface area contributed by atoms with E-state index in [1.807, 2.05) is 6.07 Å². The molecule has 0 atom stereocenters. The summed E-state index contributed by atoms with van der Waals surface area (Å²) in [6, 6.07) is 1.98. The first-order valence-electron chi connectivity index (χ1n) is 7.65. The molecular formula is C16H29NO3. The monoisotopic (exact) mass is 283 g/mol. The van der Waals surface area contributed by atoms with E-state index in [1.54, 1.807) is 6.26 Å². The molecule has 1 N–H and O–H groups in total. The summed E-state index contributed by atoms with van der Waals surface area (Å²) < 4.78 is 16.6. The normalized spacial score (nSPS) is 11.4. The Hall–Kier alpha value is -0.840. The van der Waals surface area contributed by atoms with Crippen molar-refractivity contribution in [3.05, 3.63) is 23.7 Å². The summed E-state index contributed by atoms with van der Waals surface area (Å²) in [5.41, 5.74) is 1.12. The molecule has 0 fully saturated rings. The van der Waals surface area contributed by atoms with Gasteiger partial charge in [-0.3, -0.25) is 0 Å². The standard InChI is InChI=1S/C16H29NO3/c1-4-5-7-18-9-10-19-13-15-6-8-20-16(15)12-17-11-14(2)3/h6,8,14,17H,4-5,7,9-13H2,1-3H3. The van der Waals surface area contributed by atoms with Gasteiger partial charge in [0.15, 0.2) is 0 Å². The summed E-state index contributed by atoms with van der Waals surface area (Å²) in [5.74, 6) is 1.61. The number of rotatable bonds is 12. The zero-order chi connectivity index (χ0) is 14.6. The van der Waals surface area contributed by atoms with Gasteiger partial charge in [0.05, 0.1) is 32.6 Å². The number of ether oxygens (including phenoxy) is 2. The van der Waals surface area contributed by atoms with Crippen LogP contribution in [0.25, 0.3) is 0 Å². The van der Waals surface area contributed by atoms with Crippen molar-refractivity contribution in [1.82, 2.24) is 5.32 Å². The molecule has 1 aromatic rings. The molecule has 0 radical (unpaired) electrons. The molecule has 0 spiro atoms. The van der Waals surface area contributed by atoms with Crippen LogP contribution >= 0.6 is 0 Å². The van der Waals surface area contributed by atoms with E-state index in [0.29, 0.717) is 25.7 Å². The van der Waals surface area contributed by atoms with Gasteiger partial charge in [-0.15, -0.1) is 0 Å². The van der Waals surface area contributed by atoms with E-state index in [0.717, 1.165) is 37.4 Å². The van der Waals surface area contributed by atoms with Crippen molar-refractivity contribution in [2.24, 2.45) is 5.92 Å². The largest absolute Gasteiger partial charge is 0.468 e. The second-order valence-corrected chi connectivity index (χ2v) is 5.41. The lowest BCUT2D eigenvalue weighted by Gasteiger charge is -2.08. The molecule has 116 valence electrons. The Morgan fingerprint density at radius 1 is 1.20 bits per heavy atom. The van der Waals surface area contributed by atoms with E-state index in [9.17, 15) is 0 Å². The van der Waals surface area contributed by atoms with E-state index < -0.39 is 0 Å². The van der Waals surface area contributed by atoms with Crippen LogP contribution in [0, 0.1) is 5.92 Å². The minimum atomic E-state index is 0.590. The minimum absolute atomic E-state index is 0.590. The second kappa shape index (κ2) is 10.9. The zero-order valence-corrected chi connectivity index (χ0v) is 13.1. The Balaban J connectivity index is 2.12. The van der Waals surface area contributed by atoms with Gasteiger partial charge >= 0.3 is 0 Å². The van der Waals surface area contributed by atoms with Gasteiger partial charge in [-0.1, -0.05) is 27.2 Å². The van der Waals surface area contributed by atoms with Crippen molar-refractivity contribution in [2.75, 3.05) is 26.4 Å². The number of unbranched alkanes of at least 4 members (excludes halogenated alkanes) is 1. The average molecular weight is 283 g/mol. The Labute approximate surface area is 122 Å². The van der Waals surface area contributed by atoms with Gasteiger partial charge in [0.2, 0.25) is 0 Å². The highest BCUT2D eigenvalue weighted by molar-refractivity contribution is 5.15. The van der Waals surface area contributed by atoms with Crippen LogP contribution in [-0.2, 0) is 22.6 Å². The Morgan fingerprint density at radius 3 is 2.75 bits per heavy atom. The molecule has 0 aliphatic rings. The van der Waals surface area contributed by atoms with Crippen LogP contribution in [0.5, 0.6) is 0 Å². The smallest absolute Gasteiger partial charge is 0.123 e. The van der Waals surface area contributed by atoms with Crippen LogP contribution in [0.1, 0.15) is 44.9 Å². The van der Waals surface area contributed by atoms with E-state index in [2.05, 4.69) is 26.1 Å². The molecule has 0 aliphatic heterocycles. The minimum Gasteiger partial charge on any atom is -0.468 e. The van der Waals surface area contributed by atoms with Crippen molar-refractivity contribution < 1.29 is 13.9 Å². The molecule has 0 bridgehead atoms. The number of hydrogen-bond acceptors (Lipinski definition) is 4. The summed E-state index contributed by atoms with van der Waals surface area (Å²) in [5, 5.41) is 3.38. The number of hydrogen-bond donors (Lipinski definition) is 1. The molecule has 0 aromatic carbocycles. The molecule has 0 aliphatic carbocycles. The molecule has 20 heavy (non-hydrogen) atoms. The fourth-order valence-electron chi connectivity index (χ4n) is 1.77. The quantitative estimate of drug-likeness (QED) is 0.597. The van der Waals surface area contributed by atoms with Crippen LogP contribution in [-0.4, -0.2) is 26.4 Å². The molecular weight excluding hydrogens is 254 g/mol. The van der Waals surface area contributed by atoms with Gasteiger partial charge in [0.25, 0.3) is 0 Å². The van der Waals surface area contributed by atoms with Crippen molar-refractivity contribution in [2.45, 2.75) is 46.8 Å². The predicted octanol–water partition coefficient (Wildman–Crippen LogP) is 3.36. The van der Waals surface area contributed by atoms with Crippen LogP contribution in [0.15, 0.2) is 16.7 Å². The molecule has 0 saturated carbocycles. The lowest BCUT2D eigenvalue weighted by atomic mass is 10.2. The molecule has 0 amide bonds. The maximum absolute atomic E-state index is 5.61. The van der Waals surface area contributed by atoms with E-state index >= 15 is 0 Å². The van der Waals surface area contributed by atoms with Crippen molar-refractivity contribution >= 4 is 0 Å². The highest BCUT2D eigenvalue weighted by atomic mass is 16.5. The molecule has 1 aromatic heterocycles. The number of furan rings is 1. The molecule has 0 saturated heterocycles. The van der Waals surface area contributed by atoms with E-state index in [1.165, 1.54) is 6.42 Å². The summed E-state index contributed by atoms with van der Waals surface area (Å²) in [6.45, 7) is 11.0. The van der Waals surface area contributed by atoms with E-state index in [-0.39, 0.29) is 0 Å². The lowest BCUT2D eigenvalue weighted by molar-refractivity contribution is 0.0392. The van der Waals surface area contributed by atoms with Crippen molar-refractivity contribution in [3.63, 3.8) is 0 Å². The van der Waals surface area contributed by atoms with Crippen LogP contribution < -0.4 is 5.32 Å². The summed E-state index contributed by atoms with van der Waals surface area (Å²) in [4.78, 5) is 0. The van der Waals surface area contributed by atoms with Gasteiger partial charge in [-0.05, 0) is 24.9 Å². The fraction of sp³-hybridized carbons (Fsp3) is 0.750. The number of nitrogens with one attached hydrogen (secondary N) is 1. The maximum Gasteiger partial charge on any atom is 0.123 e. The molecule has 0 unspecified atom stereocenters. The maximum atomic E-state index is 5.61. The van der Waals surface area contributed by atoms with Crippen LogP contribution in [0.4, 0.5) is 0 Å². The van der Waals surface area contributed by atoms with Gasteiger partial charge in [0.1, 0.15) is 5.76 Å². The Morgan fingerprint density at radius 2 is 2.00 bits per heavy atom. The van der Waals surface area contributed by atoms with Gasteiger partial charge in [0, 0.05) is 12.2 Å². The van der Waals surface area contributed by atoms with Crippen molar-refractivity contribution in [3.8, 4) is 0 Å².